The number of aryl methyl sites for hydroxylation is 1. The van der Waals surface area contributed by atoms with E-state index in [2.05, 4.69) is 37.9 Å². The van der Waals surface area contributed by atoms with Crippen molar-refractivity contribution >= 4 is 21.4 Å². The Hall–Kier alpha value is -0.550. The van der Waals surface area contributed by atoms with E-state index in [0.717, 1.165) is 44.2 Å². The molecule has 0 amide bonds. The molecule has 0 aromatic carbocycles. The van der Waals surface area contributed by atoms with Crippen molar-refractivity contribution in [3.05, 3.63) is 18.0 Å². The molecule has 2 unspecified atom stereocenters. The molecule has 1 heterocycles. The SMILES string of the molecule is CCCCCC(Cl)C(CCCCCS(=O)(=O)CCCc1ccn[nH]1)C(C)(C)C. The van der Waals surface area contributed by atoms with E-state index >= 15 is 0 Å². The summed E-state index contributed by atoms with van der Waals surface area (Å²) < 4.78 is 24.4. The van der Waals surface area contributed by atoms with Gasteiger partial charge in [0.25, 0.3) is 0 Å². The molecule has 6 heteroatoms. The Kier molecular flexibility index (Phi) is 11.7. The van der Waals surface area contributed by atoms with Crippen molar-refractivity contribution in [2.75, 3.05) is 11.5 Å². The van der Waals surface area contributed by atoms with Crippen LogP contribution in [-0.2, 0) is 16.3 Å². The van der Waals surface area contributed by atoms with Crippen LogP contribution in [0.3, 0.4) is 0 Å². The highest BCUT2D eigenvalue weighted by molar-refractivity contribution is 7.91. The van der Waals surface area contributed by atoms with Crippen molar-refractivity contribution in [2.24, 2.45) is 11.3 Å². The van der Waals surface area contributed by atoms with Crippen molar-refractivity contribution < 1.29 is 8.42 Å². The third kappa shape index (κ3) is 10.8. The Balaban J connectivity index is 2.27. The van der Waals surface area contributed by atoms with Crippen LogP contribution >= 0.6 is 11.6 Å². The second-order valence-corrected chi connectivity index (χ2v) is 12.0. The van der Waals surface area contributed by atoms with Gasteiger partial charge in [-0.1, -0.05) is 59.8 Å². The van der Waals surface area contributed by atoms with E-state index in [4.69, 9.17) is 11.6 Å². The van der Waals surface area contributed by atoms with Crippen LogP contribution in [0.1, 0.15) is 91.2 Å². The fourth-order valence-electron chi connectivity index (χ4n) is 3.82. The van der Waals surface area contributed by atoms with E-state index in [1.807, 2.05) is 6.07 Å². The van der Waals surface area contributed by atoms with Gasteiger partial charge in [0.2, 0.25) is 0 Å². The molecule has 1 N–H and O–H groups in total. The van der Waals surface area contributed by atoms with Crippen molar-refractivity contribution in [2.45, 2.75) is 97.3 Å². The maximum Gasteiger partial charge on any atom is 0.150 e. The van der Waals surface area contributed by atoms with Gasteiger partial charge in [0.1, 0.15) is 9.84 Å². The largest absolute Gasteiger partial charge is 0.283 e. The molecule has 0 aliphatic carbocycles. The topological polar surface area (TPSA) is 62.8 Å². The van der Waals surface area contributed by atoms with Gasteiger partial charge in [-0.3, -0.25) is 5.10 Å². The van der Waals surface area contributed by atoms with Crippen molar-refractivity contribution in [3.63, 3.8) is 0 Å². The maximum atomic E-state index is 12.2. The maximum absolute atomic E-state index is 12.2. The number of hydrogen-bond donors (Lipinski definition) is 1. The monoisotopic (exact) mass is 432 g/mol. The van der Waals surface area contributed by atoms with Gasteiger partial charge in [-0.05, 0) is 49.5 Å². The molecule has 0 fully saturated rings. The molecular formula is C22H41ClN2O2S. The standard InChI is InChI=1S/C22H41ClN2O2S/c1-5-6-8-14-21(23)20(22(2,3)4)13-9-7-10-17-28(26,27)18-11-12-19-15-16-24-25-19/h15-16,20-21H,5-14,17-18H2,1-4H3,(H,24,25). The molecule has 1 rings (SSSR count). The highest BCUT2D eigenvalue weighted by Crippen LogP contribution is 2.37. The Morgan fingerprint density at radius 3 is 2.32 bits per heavy atom. The van der Waals surface area contributed by atoms with Gasteiger partial charge in [0, 0.05) is 17.3 Å². The van der Waals surface area contributed by atoms with Crippen LogP contribution in [0.15, 0.2) is 12.3 Å². The van der Waals surface area contributed by atoms with Gasteiger partial charge >= 0.3 is 0 Å². The molecule has 0 spiro atoms. The second-order valence-electron chi connectivity index (χ2n) is 9.17. The van der Waals surface area contributed by atoms with Crippen LogP contribution < -0.4 is 0 Å². The summed E-state index contributed by atoms with van der Waals surface area (Å²) in [5.74, 6) is 1.05. The number of sulfone groups is 1. The Labute approximate surface area is 178 Å². The summed E-state index contributed by atoms with van der Waals surface area (Å²) in [5, 5.41) is 6.98. The zero-order valence-corrected chi connectivity index (χ0v) is 19.9. The van der Waals surface area contributed by atoms with Gasteiger partial charge in [-0.15, -0.1) is 11.6 Å². The zero-order chi connectivity index (χ0) is 21.0. The van der Waals surface area contributed by atoms with Crippen molar-refractivity contribution in [3.8, 4) is 0 Å². The number of aromatic amines is 1. The molecule has 0 radical (unpaired) electrons. The molecular weight excluding hydrogens is 392 g/mol. The first-order valence-corrected chi connectivity index (χ1v) is 13.2. The first kappa shape index (κ1) is 25.5. The number of alkyl halides is 1. The molecule has 0 aliphatic rings. The number of H-pyrrole nitrogens is 1. The molecule has 0 saturated heterocycles. The van der Waals surface area contributed by atoms with Crippen molar-refractivity contribution in [1.82, 2.24) is 10.2 Å². The smallest absolute Gasteiger partial charge is 0.150 e. The summed E-state index contributed by atoms with van der Waals surface area (Å²) in [6.07, 6.45) is 11.7. The normalized spacial score (nSPS) is 14.9. The Morgan fingerprint density at radius 2 is 1.71 bits per heavy atom. The lowest BCUT2D eigenvalue weighted by Gasteiger charge is -2.34. The number of nitrogens with zero attached hydrogens (tertiary/aromatic N) is 1. The summed E-state index contributed by atoms with van der Waals surface area (Å²) in [4.78, 5) is 0. The first-order chi connectivity index (χ1) is 13.2. The molecule has 1 aromatic rings. The Morgan fingerprint density at radius 1 is 1.04 bits per heavy atom. The van der Waals surface area contributed by atoms with Gasteiger partial charge < -0.3 is 0 Å². The van der Waals surface area contributed by atoms with Gasteiger partial charge in [0.05, 0.1) is 11.5 Å². The summed E-state index contributed by atoms with van der Waals surface area (Å²) in [5.41, 5.74) is 1.19. The number of rotatable bonds is 15. The highest BCUT2D eigenvalue weighted by atomic mass is 35.5. The quantitative estimate of drug-likeness (QED) is 0.266. The van der Waals surface area contributed by atoms with E-state index in [-0.39, 0.29) is 16.5 Å². The average molecular weight is 433 g/mol. The second kappa shape index (κ2) is 12.9. The van der Waals surface area contributed by atoms with Crippen LogP contribution in [0.2, 0.25) is 0 Å². The lowest BCUT2D eigenvalue weighted by Crippen LogP contribution is -2.29. The van der Waals surface area contributed by atoms with E-state index in [1.54, 1.807) is 6.20 Å². The number of unbranched alkanes of at least 4 members (excludes halogenated alkanes) is 4. The van der Waals surface area contributed by atoms with E-state index in [9.17, 15) is 8.42 Å². The molecule has 2 atom stereocenters. The van der Waals surface area contributed by atoms with Crippen LogP contribution in [0.4, 0.5) is 0 Å². The third-order valence-electron chi connectivity index (χ3n) is 5.56. The third-order valence-corrected chi connectivity index (χ3v) is 7.91. The molecule has 28 heavy (non-hydrogen) atoms. The fraction of sp³-hybridized carbons (Fsp3) is 0.864. The predicted molar refractivity (Wildman–Crippen MR) is 121 cm³/mol. The molecule has 0 bridgehead atoms. The lowest BCUT2D eigenvalue weighted by atomic mass is 9.74. The highest BCUT2D eigenvalue weighted by Gasteiger charge is 2.30. The number of halogens is 1. The van der Waals surface area contributed by atoms with Gasteiger partial charge in [-0.2, -0.15) is 5.10 Å². The van der Waals surface area contributed by atoms with Crippen LogP contribution in [0.5, 0.6) is 0 Å². The van der Waals surface area contributed by atoms with Crippen LogP contribution in [0.25, 0.3) is 0 Å². The summed E-state index contributed by atoms with van der Waals surface area (Å²) >= 11 is 6.75. The summed E-state index contributed by atoms with van der Waals surface area (Å²) in [6, 6.07) is 1.89. The zero-order valence-electron chi connectivity index (χ0n) is 18.3. The van der Waals surface area contributed by atoms with E-state index in [1.165, 1.54) is 19.3 Å². The molecule has 0 saturated carbocycles. The average Bonchev–Trinajstić information content (AvgIpc) is 3.10. The number of hydrogen-bond acceptors (Lipinski definition) is 3. The lowest BCUT2D eigenvalue weighted by molar-refractivity contribution is 0.206. The van der Waals surface area contributed by atoms with Gasteiger partial charge in [0.15, 0.2) is 0 Å². The Bertz CT molecular complexity index is 609. The molecule has 0 aliphatic heterocycles. The first-order valence-electron chi connectivity index (χ1n) is 11.0. The fourth-order valence-corrected chi connectivity index (χ4v) is 5.91. The molecule has 164 valence electrons. The predicted octanol–water partition coefficient (Wildman–Crippen LogP) is 6.17. The van der Waals surface area contributed by atoms with Crippen LogP contribution in [-0.4, -0.2) is 35.5 Å². The summed E-state index contributed by atoms with van der Waals surface area (Å²) in [7, 11) is -2.96. The minimum atomic E-state index is -2.96. The van der Waals surface area contributed by atoms with E-state index in [0.29, 0.717) is 18.1 Å². The molecule has 1 aromatic heterocycles. The number of aromatic nitrogens is 2. The minimum Gasteiger partial charge on any atom is -0.283 e. The number of nitrogens with one attached hydrogen (secondary N) is 1. The van der Waals surface area contributed by atoms with Gasteiger partial charge in [-0.25, -0.2) is 8.42 Å². The summed E-state index contributed by atoms with van der Waals surface area (Å²) in [6.45, 7) is 9.04. The molecule has 4 nitrogen and oxygen atoms in total. The van der Waals surface area contributed by atoms with E-state index < -0.39 is 9.84 Å². The van der Waals surface area contributed by atoms with Crippen molar-refractivity contribution in [1.29, 1.82) is 0 Å². The van der Waals surface area contributed by atoms with Crippen LogP contribution in [0, 0.1) is 11.3 Å². The minimum absolute atomic E-state index is 0.192.